The van der Waals surface area contributed by atoms with E-state index in [0.29, 0.717) is 26.1 Å². The first kappa shape index (κ1) is 30.1. The van der Waals surface area contributed by atoms with Crippen LogP contribution in [0.3, 0.4) is 0 Å². The Morgan fingerprint density at radius 3 is 1.40 bits per heavy atom. The van der Waals surface area contributed by atoms with Crippen LogP contribution in [-0.2, 0) is 37.3 Å². The first-order valence-corrected chi connectivity index (χ1v) is 14.0. The highest BCUT2D eigenvalue weighted by molar-refractivity contribution is 5.81. The lowest BCUT2D eigenvalue weighted by molar-refractivity contribution is -0.138. The van der Waals surface area contributed by atoms with Crippen molar-refractivity contribution in [3.05, 3.63) is 151 Å². The predicted molar refractivity (Wildman–Crippen MR) is 169 cm³/mol. The van der Waals surface area contributed by atoms with Crippen LogP contribution >= 0.6 is 0 Å². The maximum Gasteiger partial charge on any atom is 0.330 e. The number of hydrogen-bond donors (Lipinski definition) is 0. The fraction of sp³-hybridized carbons (Fsp3) is 0.189. The van der Waals surface area contributed by atoms with Gasteiger partial charge in [0.2, 0.25) is 0 Å². The summed E-state index contributed by atoms with van der Waals surface area (Å²) in [5.74, 6) is -0.835. The van der Waals surface area contributed by atoms with Crippen molar-refractivity contribution in [1.29, 1.82) is 0 Å². The van der Waals surface area contributed by atoms with Crippen molar-refractivity contribution >= 4 is 29.0 Å². The SMILES string of the molecule is C=CC(=O)OCCc1ccc(N(c2ccc(CCOC(=O)C=C)cc2)c2ccc(C(C)(C)c3ccccc3)cc2)cc1. The molecule has 0 saturated heterocycles. The summed E-state index contributed by atoms with van der Waals surface area (Å²) in [5.41, 5.74) is 7.53. The molecule has 5 nitrogen and oxygen atoms in total. The Hall–Kier alpha value is -4.90. The topological polar surface area (TPSA) is 55.8 Å². The molecule has 214 valence electrons. The minimum Gasteiger partial charge on any atom is -0.462 e. The molecule has 4 rings (SSSR count). The smallest absolute Gasteiger partial charge is 0.330 e. The molecule has 0 radical (unpaired) electrons. The van der Waals surface area contributed by atoms with Crippen LogP contribution in [-0.4, -0.2) is 25.2 Å². The molecule has 42 heavy (non-hydrogen) atoms. The van der Waals surface area contributed by atoms with E-state index >= 15 is 0 Å². The largest absolute Gasteiger partial charge is 0.462 e. The van der Waals surface area contributed by atoms with Gasteiger partial charge in [0.1, 0.15) is 0 Å². The maximum absolute atomic E-state index is 11.4. The number of hydrogen-bond acceptors (Lipinski definition) is 5. The maximum atomic E-state index is 11.4. The van der Waals surface area contributed by atoms with Crippen molar-refractivity contribution in [3.8, 4) is 0 Å². The molecule has 4 aromatic carbocycles. The lowest BCUT2D eigenvalue weighted by Crippen LogP contribution is -2.19. The van der Waals surface area contributed by atoms with Crippen LogP contribution in [0.4, 0.5) is 17.1 Å². The molecule has 0 N–H and O–H groups in total. The second kappa shape index (κ2) is 14.1. The number of carbonyl (C=O) groups excluding carboxylic acids is 2. The minimum atomic E-state index is -0.418. The quantitative estimate of drug-likeness (QED) is 0.123. The Morgan fingerprint density at radius 2 is 1.00 bits per heavy atom. The molecule has 0 heterocycles. The van der Waals surface area contributed by atoms with Crippen molar-refractivity contribution in [1.82, 2.24) is 0 Å². The van der Waals surface area contributed by atoms with Gasteiger partial charge < -0.3 is 14.4 Å². The van der Waals surface area contributed by atoms with E-state index < -0.39 is 11.9 Å². The lowest BCUT2D eigenvalue weighted by Gasteiger charge is -2.29. The zero-order chi connectivity index (χ0) is 30.0. The van der Waals surface area contributed by atoms with E-state index in [1.807, 2.05) is 6.07 Å². The van der Waals surface area contributed by atoms with E-state index in [0.717, 1.165) is 28.2 Å². The molecule has 5 heteroatoms. The Labute approximate surface area is 248 Å². The molecule has 0 aromatic heterocycles. The molecule has 0 unspecified atom stereocenters. The van der Waals surface area contributed by atoms with E-state index in [1.54, 1.807) is 0 Å². The third kappa shape index (κ3) is 7.64. The van der Waals surface area contributed by atoms with Gasteiger partial charge in [0.15, 0.2) is 0 Å². The first-order chi connectivity index (χ1) is 20.3. The highest BCUT2D eigenvalue weighted by Gasteiger charge is 2.23. The van der Waals surface area contributed by atoms with Crippen LogP contribution in [0.5, 0.6) is 0 Å². The standard InChI is InChI=1S/C37H37NO4/c1-5-35(39)41-26-24-28-12-18-32(19-13-28)38(33-20-14-29(15-21-33)25-27-42-36(40)6-2)34-22-16-31(17-23-34)37(3,4)30-10-8-7-9-11-30/h5-23H,1-2,24-27H2,3-4H3. The van der Waals surface area contributed by atoms with Crippen LogP contribution < -0.4 is 4.90 Å². The normalized spacial score (nSPS) is 10.9. The summed E-state index contributed by atoms with van der Waals surface area (Å²) < 4.78 is 10.3. The number of anilines is 3. The van der Waals surface area contributed by atoms with Gasteiger partial charge in [-0.3, -0.25) is 0 Å². The van der Waals surface area contributed by atoms with Crippen LogP contribution in [0.2, 0.25) is 0 Å². The highest BCUT2D eigenvalue weighted by Crippen LogP contribution is 2.37. The van der Waals surface area contributed by atoms with Gasteiger partial charge in [-0.2, -0.15) is 0 Å². The van der Waals surface area contributed by atoms with Crippen molar-refractivity contribution in [3.63, 3.8) is 0 Å². The third-order valence-corrected chi connectivity index (χ3v) is 7.34. The van der Waals surface area contributed by atoms with Gasteiger partial charge >= 0.3 is 11.9 Å². The van der Waals surface area contributed by atoms with E-state index in [-0.39, 0.29) is 5.41 Å². The van der Waals surface area contributed by atoms with Gasteiger partial charge in [-0.05, 0) is 58.7 Å². The number of esters is 2. The number of benzene rings is 4. The Morgan fingerprint density at radius 1 is 0.619 bits per heavy atom. The van der Waals surface area contributed by atoms with Crippen molar-refractivity contribution in [2.75, 3.05) is 18.1 Å². The molecular formula is C37H37NO4. The van der Waals surface area contributed by atoms with Crippen LogP contribution in [0.15, 0.2) is 128 Å². The summed E-state index contributed by atoms with van der Waals surface area (Å²) in [4.78, 5) is 25.0. The average molecular weight is 560 g/mol. The van der Waals surface area contributed by atoms with Gasteiger partial charge in [0.25, 0.3) is 0 Å². The Balaban J connectivity index is 1.60. The van der Waals surface area contributed by atoms with Crippen molar-refractivity contribution in [2.24, 2.45) is 0 Å². The molecule has 0 spiro atoms. The second-order valence-corrected chi connectivity index (χ2v) is 10.4. The average Bonchev–Trinajstić information content (AvgIpc) is 3.03. The lowest BCUT2D eigenvalue weighted by atomic mass is 9.78. The molecule has 4 aromatic rings. The Kier molecular flexibility index (Phi) is 10.1. The van der Waals surface area contributed by atoms with Crippen molar-refractivity contribution < 1.29 is 19.1 Å². The Bertz CT molecular complexity index is 1420. The molecule has 0 amide bonds. The molecule has 0 aliphatic heterocycles. The number of ether oxygens (including phenoxy) is 2. The van der Waals surface area contributed by atoms with Crippen LogP contribution in [0, 0.1) is 0 Å². The molecule has 0 atom stereocenters. The fourth-order valence-corrected chi connectivity index (χ4v) is 4.78. The summed E-state index contributed by atoms with van der Waals surface area (Å²) in [5, 5.41) is 0. The summed E-state index contributed by atoms with van der Waals surface area (Å²) >= 11 is 0. The molecule has 0 aliphatic rings. The van der Waals surface area contributed by atoms with Gasteiger partial charge in [-0.1, -0.05) is 93.7 Å². The predicted octanol–water partition coefficient (Wildman–Crippen LogP) is 8.03. The number of rotatable bonds is 13. The first-order valence-electron chi connectivity index (χ1n) is 14.0. The van der Waals surface area contributed by atoms with E-state index in [2.05, 4.69) is 129 Å². The summed E-state index contributed by atoms with van der Waals surface area (Å²) in [7, 11) is 0. The van der Waals surface area contributed by atoms with E-state index in [4.69, 9.17) is 9.47 Å². The van der Waals surface area contributed by atoms with Crippen molar-refractivity contribution in [2.45, 2.75) is 32.1 Å². The van der Waals surface area contributed by atoms with E-state index in [9.17, 15) is 9.59 Å². The molecule has 0 saturated carbocycles. The number of carbonyl (C=O) groups is 2. The van der Waals surface area contributed by atoms with E-state index in [1.165, 1.54) is 23.3 Å². The molecular weight excluding hydrogens is 522 g/mol. The summed E-state index contributed by atoms with van der Waals surface area (Å²) in [6.07, 6.45) is 3.58. The molecule has 0 fully saturated rings. The van der Waals surface area contributed by atoms with Crippen LogP contribution in [0.1, 0.15) is 36.1 Å². The van der Waals surface area contributed by atoms with Gasteiger partial charge in [0, 0.05) is 47.5 Å². The van der Waals surface area contributed by atoms with Gasteiger partial charge in [-0.25, -0.2) is 9.59 Å². The highest BCUT2D eigenvalue weighted by atomic mass is 16.5. The second-order valence-electron chi connectivity index (χ2n) is 10.4. The zero-order valence-corrected chi connectivity index (χ0v) is 24.3. The summed E-state index contributed by atoms with van der Waals surface area (Å²) in [6, 6.07) is 35.8. The zero-order valence-electron chi connectivity index (χ0n) is 24.3. The fourth-order valence-electron chi connectivity index (χ4n) is 4.78. The summed E-state index contributed by atoms with van der Waals surface area (Å²) in [6.45, 7) is 12.0. The molecule has 0 bridgehead atoms. The minimum absolute atomic E-state index is 0.141. The van der Waals surface area contributed by atoms with Gasteiger partial charge in [-0.15, -0.1) is 0 Å². The van der Waals surface area contributed by atoms with Gasteiger partial charge in [0.05, 0.1) is 13.2 Å². The molecule has 0 aliphatic carbocycles. The third-order valence-electron chi connectivity index (χ3n) is 7.34. The number of nitrogens with zero attached hydrogens (tertiary/aromatic N) is 1. The van der Waals surface area contributed by atoms with Crippen LogP contribution in [0.25, 0.3) is 0 Å². The monoisotopic (exact) mass is 559 g/mol.